The van der Waals surface area contributed by atoms with Crippen molar-refractivity contribution in [3.8, 4) is 0 Å². The number of methoxy groups -OCH3 is 2. The summed E-state index contributed by atoms with van der Waals surface area (Å²) in [4.78, 5) is 0. The zero-order valence-electron chi connectivity index (χ0n) is 8.39. The molecule has 0 heterocycles. The van der Waals surface area contributed by atoms with Gasteiger partial charge in [-0.25, -0.2) is 0 Å². The topological polar surface area (TPSA) is 18.5 Å². The maximum Gasteiger partial charge on any atom is 0.156 e. The Morgan fingerprint density at radius 3 is 1.50 bits per heavy atom. The zero-order chi connectivity index (χ0) is 9.40. The molecule has 0 N–H and O–H groups in total. The summed E-state index contributed by atoms with van der Waals surface area (Å²) in [5.41, 5.74) is 0. The summed E-state index contributed by atoms with van der Waals surface area (Å²) in [6, 6.07) is 0. The molecule has 0 saturated heterocycles. The number of rotatable bonds is 2. The molecule has 1 rings (SSSR count). The molecule has 1 aliphatic rings. The van der Waals surface area contributed by atoms with Gasteiger partial charge in [0, 0.05) is 0 Å². The van der Waals surface area contributed by atoms with Crippen molar-refractivity contribution in [3.05, 3.63) is 23.7 Å². The first-order valence-electron chi connectivity index (χ1n) is 4.37. The molecule has 0 saturated carbocycles. The third-order valence-corrected chi connectivity index (χ3v) is 1.51. The second kappa shape index (κ2) is 6.77. The molecular formula is C10H18O2. The lowest BCUT2D eigenvalue weighted by Crippen LogP contribution is -1.98. The monoisotopic (exact) mass is 170 g/mol. The molecule has 0 bridgehead atoms. The molecule has 1 aliphatic carbocycles. The Kier molecular flexibility index (Phi) is 6.25. The molecular weight excluding hydrogens is 152 g/mol. The Labute approximate surface area is 74.9 Å². The lowest BCUT2D eigenvalue weighted by Gasteiger charge is -2.12. The smallest absolute Gasteiger partial charge is 0.156 e. The quantitative estimate of drug-likeness (QED) is 0.634. The van der Waals surface area contributed by atoms with Crippen LogP contribution in [0.3, 0.4) is 0 Å². The van der Waals surface area contributed by atoms with E-state index in [0.29, 0.717) is 0 Å². The van der Waals surface area contributed by atoms with E-state index >= 15 is 0 Å². The fourth-order valence-corrected chi connectivity index (χ4v) is 0.998. The second-order valence-electron chi connectivity index (χ2n) is 2.12. The van der Waals surface area contributed by atoms with E-state index < -0.39 is 0 Å². The van der Waals surface area contributed by atoms with Crippen molar-refractivity contribution in [1.82, 2.24) is 0 Å². The first-order chi connectivity index (χ1) is 5.88. The second-order valence-corrected chi connectivity index (χ2v) is 2.12. The van der Waals surface area contributed by atoms with Crippen LogP contribution in [0.4, 0.5) is 0 Å². The predicted octanol–water partition coefficient (Wildman–Crippen LogP) is 2.87. The fraction of sp³-hybridized carbons (Fsp3) is 0.600. The summed E-state index contributed by atoms with van der Waals surface area (Å²) in [7, 11) is 3.31. The van der Waals surface area contributed by atoms with Crippen molar-refractivity contribution in [2.45, 2.75) is 26.7 Å². The van der Waals surface area contributed by atoms with Crippen molar-refractivity contribution in [3.63, 3.8) is 0 Å². The van der Waals surface area contributed by atoms with Gasteiger partial charge in [-0.15, -0.1) is 0 Å². The molecule has 0 spiro atoms. The maximum atomic E-state index is 5.06. The Morgan fingerprint density at radius 2 is 1.25 bits per heavy atom. The van der Waals surface area contributed by atoms with E-state index in [2.05, 4.69) is 0 Å². The van der Waals surface area contributed by atoms with Gasteiger partial charge in [0.1, 0.15) is 0 Å². The van der Waals surface area contributed by atoms with Crippen LogP contribution in [0.25, 0.3) is 0 Å². The predicted molar refractivity (Wildman–Crippen MR) is 50.8 cm³/mol. The highest BCUT2D eigenvalue weighted by atomic mass is 16.5. The SMILES string of the molecule is CC.COC1=CCCC=C1OC. The van der Waals surface area contributed by atoms with Crippen LogP contribution in [0, 0.1) is 0 Å². The molecule has 70 valence electrons. The standard InChI is InChI=1S/C8H12O2.C2H6/c1-9-7-5-3-4-6-8(7)10-2;1-2/h5-6H,3-4H2,1-2H3;1-2H3. The van der Waals surface area contributed by atoms with Gasteiger partial charge in [-0.2, -0.15) is 0 Å². The van der Waals surface area contributed by atoms with Crippen LogP contribution >= 0.6 is 0 Å². The Balaban J connectivity index is 0.000000561. The van der Waals surface area contributed by atoms with Gasteiger partial charge in [0.2, 0.25) is 0 Å². The van der Waals surface area contributed by atoms with Crippen LogP contribution in [0.2, 0.25) is 0 Å². The van der Waals surface area contributed by atoms with Crippen molar-refractivity contribution in [2.75, 3.05) is 14.2 Å². The van der Waals surface area contributed by atoms with Crippen molar-refractivity contribution in [2.24, 2.45) is 0 Å². The molecule has 0 aromatic rings. The minimum absolute atomic E-state index is 0.855. The number of ether oxygens (including phenoxy) is 2. The molecule has 0 fully saturated rings. The number of hydrogen-bond donors (Lipinski definition) is 0. The highest BCUT2D eigenvalue weighted by Crippen LogP contribution is 2.18. The Bertz CT molecular complexity index is 149. The molecule has 12 heavy (non-hydrogen) atoms. The van der Waals surface area contributed by atoms with E-state index in [1.807, 2.05) is 26.0 Å². The minimum atomic E-state index is 0.855. The van der Waals surface area contributed by atoms with Crippen molar-refractivity contribution >= 4 is 0 Å². The largest absolute Gasteiger partial charge is 0.493 e. The average Bonchev–Trinajstić information content (AvgIpc) is 2.20. The van der Waals surface area contributed by atoms with Crippen LogP contribution in [-0.4, -0.2) is 14.2 Å². The lowest BCUT2D eigenvalue weighted by molar-refractivity contribution is 0.215. The van der Waals surface area contributed by atoms with Gasteiger partial charge in [-0.1, -0.05) is 13.8 Å². The van der Waals surface area contributed by atoms with Crippen LogP contribution in [0.15, 0.2) is 23.7 Å². The van der Waals surface area contributed by atoms with Gasteiger partial charge >= 0.3 is 0 Å². The van der Waals surface area contributed by atoms with Crippen LogP contribution in [0.1, 0.15) is 26.7 Å². The molecule has 0 aromatic carbocycles. The van der Waals surface area contributed by atoms with Crippen LogP contribution in [-0.2, 0) is 9.47 Å². The molecule has 2 nitrogen and oxygen atoms in total. The van der Waals surface area contributed by atoms with Crippen molar-refractivity contribution < 1.29 is 9.47 Å². The number of allylic oxidation sites excluding steroid dienone is 2. The summed E-state index contributed by atoms with van der Waals surface area (Å²) in [5, 5.41) is 0. The molecule has 0 atom stereocenters. The fourth-order valence-electron chi connectivity index (χ4n) is 0.998. The molecule has 0 unspecified atom stereocenters. The summed E-state index contributed by atoms with van der Waals surface area (Å²) < 4.78 is 10.1. The van der Waals surface area contributed by atoms with E-state index in [0.717, 1.165) is 24.4 Å². The average molecular weight is 170 g/mol. The van der Waals surface area contributed by atoms with E-state index in [1.165, 1.54) is 0 Å². The van der Waals surface area contributed by atoms with Gasteiger partial charge in [0.15, 0.2) is 11.5 Å². The third kappa shape index (κ3) is 2.99. The summed E-state index contributed by atoms with van der Waals surface area (Å²) in [5.74, 6) is 1.71. The first kappa shape index (κ1) is 11.1. The lowest BCUT2D eigenvalue weighted by atomic mass is 10.1. The molecule has 0 amide bonds. The van der Waals surface area contributed by atoms with Gasteiger partial charge in [-0.05, 0) is 25.0 Å². The van der Waals surface area contributed by atoms with Gasteiger partial charge < -0.3 is 9.47 Å². The third-order valence-electron chi connectivity index (χ3n) is 1.51. The summed E-state index contributed by atoms with van der Waals surface area (Å²) >= 11 is 0. The summed E-state index contributed by atoms with van der Waals surface area (Å²) in [6.45, 7) is 4.00. The Morgan fingerprint density at radius 1 is 0.917 bits per heavy atom. The van der Waals surface area contributed by atoms with E-state index in [1.54, 1.807) is 14.2 Å². The van der Waals surface area contributed by atoms with E-state index in [9.17, 15) is 0 Å². The molecule has 0 aliphatic heterocycles. The zero-order valence-corrected chi connectivity index (χ0v) is 8.39. The highest BCUT2D eigenvalue weighted by molar-refractivity contribution is 5.23. The van der Waals surface area contributed by atoms with Crippen LogP contribution in [0.5, 0.6) is 0 Å². The summed E-state index contributed by atoms with van der Waals surface area (Å²) in [6.07, 6.45) is 6.18. The highest BCUT2D eigenvalue weighted by Gasteiger charge is 2.07. The number of hydrogen-bond acceptors (Lipinski definition) is 2. The minimum Gasteiger partial charge on any atom is -0.493 e. The van der Waals surface area contributed by atoms with Crippen LogP contribution < -0.4 is 0 Å². The molecule has 0 radical (unpaired) electrons. The first-order valence-corrected chi connectivity index (χ1v) is 4.37. The molecule has 0 aromatic heterocycles. The van der Waals surface area contributed by atoms with Gasteiger partial charge in [-0.3, -0.25) is 0 Å². The van der Waals surface area contributed by atoms with E-state index in [-0.39, 0.29) is 0 Å². The van der Waals surface area contributed by atoms with E-state index in [4.69, 9.17) is 9.47 Å². The van der Waals surface area contributed by atoms with Crippen molar-refractivity contribution in [1.29, 1.82) is 0 Å². The normalized spacial score (nSPS) is 15.0. The maximum absolute atomic E-state index is 5.06. The van der Waals surface area contributed by atoms with Gasteiger partial charge in [0.25, 0.3) is 0 Å². The van der Waals surface area contributed by atoms with Gasteiger partial charge in [0.05, 0.1) is 14.2 Å². The molecule has 2 heteroatoms. The Hall–Kier alpha value is -0.920.